The SMILES string of the molecule is CC(C)(C)OC(=O)N/C(C=O)=C\C1CCCCC1. The molecule has 0 radical (unpaired) electrons. The van der Waals surface area contributed by atoms with Gasteiger partial charge in [0.25, 0.3) is 0 Å². The number of allylic oxidation sites excluding steroid dienone is 2. The second kappa shape index (κ2) is 6.57. The van der Waals surface area contributed by atoms with Crippen LogP contribution >= 0.6 is 0 Å². The summed E-state index contributed by atoms with van der Waals surface area (Å²) in [5.74, 6) is 0.397. The standard InChI is InChI=1S/C14H23NO3/c1-14(2,3)18-13(17)15-12(10-16)9-11-7-5-4-6-8-11/h9-11H,4-8H2,1-3H3,(H,15,17)/b12-9-. The van der Waals surface area contributed by atoms with Crippen molar-refractivity contribution in [2.75, 3.05) is 0 Å². The highest BCUT2D eigenvalue weighted by molar-refractivity contribution is 5.82. The van der Waals surface area contributed by atoms with E-state index in [2.05, 4.69) is 5.32 Å². The molecule has 0 aromatic carbocycles. The van der Waals surface area contributed by atoms with E-state index in [1.807, 2.05) is 6.08 Å². The van der Waals surface area contributed by atoms with E-state index in [9.17, 15) is 9.59 Å². The summed E-state index contributed by atoms with van der Waals surface area (Å²) in [5.41, 5.74) is -0.237. The van der Waals surface area contributed by atoms with Crippen LogP contribution in [0.3, 0.4) is 0 Å². The Morgan fingerprint density at radius 2 is 1.83 bits per heavy atom. The molecule has 18 heavy (non-hydrogen) atoms. The quantitative estimate of drug-likeness (QED) is 0.621. The van der Waals surface area contributed by atoms with E-state index in [1.165, 1.54) is 19.3 Å². The first kappa shape index (κ1) is 14.7. The molecule has 0 spiro atoms. The topological polar surface area (TPSA) is 55.4 Å². The minimum absolute atomic E-state index is 0.316. The van der Waals surface area contributed by atoms with Gasteiger partial charge in [0.15, 0.2) is 6.29 Å². The molecule has 1 rings (SSSR count). The third kappa shape index (κ3) is 5.84. The van der Waals surface area contributed by atoms with Crippen LogP contribution in [0.1, 0.15) is 52.9 Å². The predicted octanol–water partition coefficient (Wildman–Crippen LogP) is 3.17. The first-order valence-corrected chi connectivity index (χ1v) is 6.58. The van der Waals surface area contributed by atoms with Crippen molar-refractivity contribution < 1.29 is 14.3 Å². The summed E-state index contributed by atoms with van der Waals surface area (Å²) in [7, 11) is 0. The van der Waals surface area contributed by atoms with Crippen LogP contribution in [0.15, 0.2) is 11.8 Å². The van der Waals surface area contributed by atoms with Crippen molar-refractivity contribution in [3.05, 3.63) is 11.8 Å². The molecule has 1 aliphatic rings. The van der Waals surface area contributed by atoms with Gasteiger partial charge in [0, 0.05) is 0 Å². The molecule has 1 N–H and O–H groups in total. The number of nitrogens with one attached hydrogen (secondary N) is 1. The molecule has 0 atom stereocenters. The van der Waals surface area contributed by atoms with E-state index < -0.39 is 11.7 Å². The first-order chi connectivity index (χ1) is 8.40. The maximum absolute atomic E-state index is 11.5. The van der Waals surface area contributed by atoms with Crippen LogP contribution < -0.4 is 5.32 Å². The Bertz CT molecular complexity index is 322. The van der Waals surface area contributed by atoms with Gasteiger partial charge in [-0.1, -0.05) is 25.3 Å². The Morgan fingerprint density at radius 3 is 2.33 bits per heavy atom. The van der Waals surface area contributed by atoms with Crippen molar-refractivity contribution in [1.82, 2.24) is 5.32 Å². The lowest BCUT2D eigenvalue weighted by Gasteiger charge is -2.21. The van der Waals surface area contributed by atoms with Crippen molar-refractivity contribution >= 4 is 12.4 Å². The molecule has 1 fully saturated rings. The average molecular weight is 253 g/mol. The molecule has 4 heteroatoms. The van der Waals surface area contributed by atoms with Crippen molar-refractivity contribution in [3.63, 3.8) is 0 Å². The largest absolute Gasteiger partial charge is 0.444 e. The van der Waals surface area contributed by atoms with Gasteiger partial charge in [0.1, 0.15) is 5.60 Å². The number of carbonyl (C=O) groups is 2. The zero-order valence-electron chi connectivity index (χ0n) is 11.5. The minimum atomic E-state index is -0.573. The highest BCUT2D eigenvalue weighted by Crippen LogP contribution is 2.25. The number of rotatable bonds is 3. The maximum Gasteiger partial charge on any atom is 0.412 e. The van der Waals surface area contributed by atoms with Gasteiger partial charge in [-0.15, -0.1) is 0 Å². The van der Waals surface area contributed by atoms with Crippen LogP contribution in [0.5, 0.6) is 0 Å². The summed E-state index contributed by atoms with van der Waals surface area (Å²) in [6, 6.07) is 0. The van der Waals surface area contributed by atoms with Crippen LogP contribution in [0.4, 0.5) is 4.79 Å². The zero-order chi connectivity index (χ0) is 13.6. The first-order valence-electron chi connectivity index (χ1n) is 6.58. The number of ether oxygens (including phenoxy) is 1. The molecule has 1 amide bonds. The lowest BCUT2D eigenvalue weighted by molar-refractivity contribution is -0.105. The molecule has 0 bridgehead atoms. The number of aldehydes is 1. The summed E-state index contributed by atoms with van der Waals surface area (Å²) >= 11 is 0. The highest BCUT2D eigenvalue weighted by atomic mass is 16.6. The molecule has 102 valence electrons. The summed E-state index contributed by atoms with van der Waals surface area (Å²) in [4.78, 5) is 22.5. The van der Waals surface area contributed by atoms with Crippen molar-refractivity contribution in [2.45, 2.75) is 58.5 Å². The number of alkyl carbamates (subject to hydrolysis) is 1. The zero-order valence-corrected chi connectivity index (χ0v) is 11.5. The predicted molar refractivity (Wildman–Crippen MR) is 70.1 cm³/mol. The molecule has 1 saturated carbocycles. The summed E-state index contributed by atoms with van der Waals surface area (Å²) < 4.78 is 5.11. The van der Waals surface area contributed by atoms with E-state index in [4.69, 9.17) is 4.74 Å². The average Bonchev–Trinajstić information content (AvgIpc) is 2.27. The third-order valence-electron chi connectivity index (χ3n) is 2.84. The van der Waals surface area contributed by atoms with E-state index in [0.29, 0.717) is 17.9 Å². The summed E-state index contributed by atoms with van der Waals surface area (Å²) in [5, 5.41) is 2.50. The van der Waals surface area contributed by atoms with E-state index in [-0.39, 0.29) is 0 Å². The van der Waals surface area contributed by atoms with Gasteiger partial charge in [-0.3, -0.25) is 10.1 Å². The molecule has 0 aliphatic heterocycles. The Labute approximate surface area is 109 Å². The lowest BCUT2D eigenvalue weighted by atomic mass is 9.89. The van der Waals surface area contributed by atoms with Gasteiger partial charge in [-0.2, -0.15) is 0 Å². The van der Waals surface area contributed by atoms with E-state index in [0.717, 1.165) is 12.8 Å². The lowest BCUT2D eigenvalue weighted by Crippen LogP contribution is -2.32. The Balaban J connectivity index is 2.52. The van der Waals surface area contributed by atoms with Crippen LogP contribution in [-0.4, -0.2) is 18.0 Å². The Morgan fingerprint density at radius 1 is 1.22 bits per heavy atom. The van der Waals surface area contributed by atoms with Gasteiger partial charge < -0.3 is 4.74 Å². The molecular weight excluding hydrogens is 230 g/mol. The van der Waals surface area contributed by atoms with E-state index >= 15 is 0 Å². The van der Waals surface area contributed by atoms with Gasteiger partial charge in [-0.25, -0.2) is 4.79 Å². The third-order valence-corrected chi connectivity index (χ3v) is 2.84. The molecule has 0 saturated heterocycles. The second-order valence-electron chi connectivity index (χ2n) is 5.76. The fourth-order valence-corrected chi connectivity index (χ4v) is 2.09. The minimum Gasteiger partial charge on any atom is -0.444 e. The second-order valence-corrected chi connectivity index (χ2v) is 5.76. The van der Waals surface area contributed by atoms with Crippen molar-refractivity contribution in [3.8, 4) is 0 Å². The van der Waals surface area contributed by atoms with Gasteiger partial charge >= 0.3 is 6.09 Å². The molecule has 0 aromatic rings. The van der Waals surface area contributed by atoms with Crippen LogP contribution in [0.2, 0.25) is 0 Å². The van der Waals surface area contributed by atoms with E-state index in [1.54, 1.807) is 20.8 Å². The molecule has 0 unspecified atom stereocenters. The fourth-order valence-electron chi connectivity index (χ4n) is 2.09. The summed E-state index contributed by atoms with van der Waals surface area (Å²) in [6.07, 6.45) is 7.80. The normalized spacial score (nSPS) is 18.3. The fraction of sp³-hybridized carbons (Fsp3) is 0.714. The maximum atomic E-state index is 11.5. The molecule has 1 aliphatic carbocycles. The smallest absolute Gasteiger partial charge is 0.412 e. The molecule has 0 aromatic heterocycles. The number of amides is 1. The van der Waals surface area contributed by atoms with Crippen LogP contribution in [-0.2, 0) is 9.53 Å². The van der Waals surface area contributed by atoms with Gasteiger partial charge in [-0.05, 0) is 39.5 Å². The number of carbonyl (C=O) groups excluding carboxylic acids is 2. The number of hydrogen-bond donors (Lipinski definition) is 1. The van der Waals surface area contributed by atoms with Gasteiger partial charge in [0.05, 0.1) is 5.70 Å². The van der Waals surface area contributed by atoms with Crippen molar-refractivity contribution in [1.29, 1.82) is 0 Å². The molecule has 4 nitrogen and oxygen atoms in total. The van der Waals surface area contributed by atoms with Crippen LogP contribution in [0.25, 0.3) is 0 Å². The van der Waals surface area contributed by atoms with Crippen LogP contribution in [0, 0.1) is 5.92 Å². The van der Waals surface area contributed by atoms with Crippen molar-refractivity contribution in [2.24, 2.45) is 5.92 Å². The molecular formula is C14H23NO3. The Kier molecular flexibility index (Phi) is 5.38. The Hall–Kier alpha value is -1.32. The monoisotopic (exact) mass is 253 g/mol. The molecule has 0 heterocycles. The highest BCUT2D eigenvalue weighted by Gasteiger charge is 2.18. The van der Waals surface area contributed by atoms with Gasteiger partial charge in [0.2, 0.25) is 0 Å². The number of hydrogen-bond acceptors (Lipinski definition) is 3. The summed E-state index contributed by atoms with van der Waals surface area (Å²) in [6.45, 7) is 5.37.